The largest absolute Gasteiger partial charge is 0.477 e. The number of aliphatic hydroxyl groups excluding tert-OH is 1. The molecule has 0 radical (unpaired) electrons. The van der Waals surface area contributed by atoms with Gasteiger partial charge in [-0.25, -0.2) is 4.79 Å². The molecule has 2 atom stereocenters. The lowest BCUT2D eigenvalue weighted by Gasteiger charge is -2.31. The van der Waals surface area contributed by atoms with E-state index in [1.807, 2.05) is 21.1 Å². The van der Waals surface area contributed by atoms with Crippen molar-refractivity contribution in [3.05, 3.63) is 24.3 Å². The fourth-order valence-corrected chi connectivity index (χ4v) is 4.71. The minimum atomic E-state index is -0.903. The minimum absolute atomic E-state index is 0.0183. The predicted octanol–water partition coefficient (Wildman–Crippen LogP) is 7.61. The SMILES string of the molecule is CCCCCCC/C=C\C/C=C\CCCCCCCCCCCC(=O)OCC(O)COCCC(C(=O)O)[N+](C)(C)C. The summed E-state index contributed by atoms with van der Waals surface area (Å²) in [5.74, 6) is -1.16. The molecule has 0 aliphatic rings. The van der Waals surface area contributed by atoms with Gasteiger partial charge in [0.15, 0.2) is 6.04 Å². The molecule has 41 heavy (non-hydrogen) atoms. The van der Waals surface area contributed by atoms with E-state index in [9.17, 15) is 19.8 Å². The summed E-state index contributed by atoms with van der Waals surface area (Å²) < 4.78 is 10.8. The number of carbonyl (C=O) groups excluding carboxylic acids is 1. The molecule has 0 aromatic heterocycles. The van der Waals surface area contributed by atoms with Crippen molar-refractivity contribution in [1.82, 2.24) is 0 Å². The summed E-state index contributed by atoms with van der Waals surface area (Å²) in [5, 5.41) is 19.3. The Labute approximate surface area is 252 Å². The van der Waals surface area contributed by atoms with E-state index in [0.29, 0.717) is 17.3 Å². The highest BCUT2D eigenvalue weighted by Gasteiger charge is 2.30. The predicted molar refractivity (Wildman–Crippen MR) is 169 cm³/mol. The summed E-state index contributed by atoms with van der Waals surface area (Å²) in [6.07, 6.45) is 30.0. The van der Waals surface area contributed by atoms with Crippen LogP contribution in [0, 0.1) is 0 Å². The topological polar surface area (TPSA) is 93.1 Å². The smallest absolute Gasteiger partial charge is 0.362 e. The van der Waals surface area contributed by atoms with Crippen LogP contribution >= 0.6 is 0 Å². The number of hydrogen-bond acceptors (Lipinski definition) is 5. The van der Waals surface area contributed by atoms with E-state index >= 15 is 0 Å². The summed E-state index contributed by atoms with van der Waals surface area (Å²) in [4.78, 5) is 23.3. The van der Waals surface area contributed by atoms with Crippen LogP contribution in [-0.4, -0.2) is 79.7 Å². The van der Waals surface area contributed by atoms with Crippen molar-refractivity contribution >= 4 is 11.9 Å². The van der Waals surface area contributed by atoms with Gasteiger partial charge in [-0.05, 0) is 38.5 Å². The van der Waals surface area contributed by atoms with Crippen LogP contribution < -0.4 is 0 Å². The summed E-state index contributed by atoms with van der Waals surface area (Å²) >= 11 is 0. The first-order chi connectivity index (χ1) is 19.7. The molecule has 0 spiro atoms. The van der Waals surface area contributed by atoms with Crippen molar-refractivity contribution < 1.29 is 33.8 Å². The second kappa shape index (κ2) is 27.2. The van der Waals surface area contributed by atoms with Gasteiger partial charge in [-0.2, -0.15) is 0 Å². The van der Waals surface area contributed by atoms with Gasteiger partial charge in [0, 0.05) is 12.8 Å². The molecule has 0 bridgehead atoms. The maximum atomic E-state index is 11.9. The lowest BCUT2D eigenvalue weighted by Crippen LogP contribution is -2.50. The molecule has 7 heteroatoms. The molecular formula is C34H64NO6+. The quantitative estimate of drug-likeness (QED) is 0.0408. The van der Waals surface area contributed by atoms with Gasteiger partial charge < -0.3 is 24.2 Å². The van der Waals surface area contributed by atoms with E-state index in [4.69, 9.17) is 9.47 Å². The second-order valence-electron chi connectivity index (χ2n) is 12.3. The van der Waals surface area contributed by atoms with E-state index in [2.05, 4.69) is 31.2 Å². The zero-order valence-corrected chi connectivity index (χ0v) is 27.0. The van der Waals surface area contributed by atoms with Crippen molar-refractivity contribution in [1.29, 1.82) is 0 Å². The number of aliphatic carboxylic acids is 1. The van der Waals surface area contributed by atoms with Gasteiger partial charge in [0.1, 0.15) is 12.7 Å². The van der Waals surface area contributed by atoms with Gasteiger partial charge in [0.25, 0.3) is 0 Å². The van der Waals surface area contributed by atoms with Crippen LogP contribution in [0.3, 0.4) is 0 Å². The second-order valence-corrected chi connectivity index (χ2v) is 12.3. The maximum Gasteiger partial charge on any atom is 0.362 e. The Kier molecular flexibility index (Phi) is 26.0. The Bertz CT molecular complexity index is 685. The van der Waals surface area contributed by atoms with Crippen molar-refractivity contribution in [2.24, 2.45) is 0 Å². The van der Waals surface area contributed by atoms with Gasteiger partial charge in [-0.15, -0.1) is 0 Å². The van der Waals surface area contributed by atoms with E-state index in [0.717, 1.165) is 25.7 Å². The van der Waals surface area contributed by atoms with Gasteiger partial charge in [0.05, 0.1) is 34.4 Å². The molecule has 0 aliphatic heterocycles. The Morgan fingerprint density at radius 1 is 0.732 bits per heavy atom. The Balaban J connectivity index is 3.49. The molecule has 2 N–H and O–H groups in total. The third-order valence-corrected chi connectivity index (χ3v) is 7.33. The van der Waals surface area contributed by atoms with Crippen LogP contribution in [0.4, 0.5) is 0 Å². The molecule has 0 aliphatic carbocycles. The monoisotopic (exact) mass is 582 g/mol. The van der Waals surface area contributed by atoms with E-state index in [1.54, 1.807) is 0 Å². The maximum absolute atomic E-state index is 11.9. The first kappa shape index (κ1) is 39.3. The van der Waals surface area contributed by atoms with Crippen molar-refractivity contribution in [3.8, 4) is 0 Å². The zero-order chi connectivity index (χ0) is 30.6. The number of esters is 1. The molecule has 0 rings (SSSR count). The third-order valence-electron chi connectivity index (χ3n) is 7.33. The lowest BCUT2D eigenvalue weighted by molar-refractivity contribution is -0.887. The Hall–Kier alpha value is -1.70. The number of carbonyl (C=O) groups is 2. The minimum Gasteiger partial charge on any atom is -0.477 e. The number of aliphatic hydroxyl groups is 1. The van der Waals surface area contributed by atoms with Crippen LogP contribution in [0.15, 0.2) is 24.3 Å². The normalized spacial score (nSPS) is 13.7. The van der Waals surface area contributed by atoms with Crippen LogP contribution in [0.2, 0.25) is 0 Å². The van der Waals surface area contributed by atoms with Crippen LogP contribution in [0.5, 0.6) is 0 Å². The zero-order valence-electron chi connectivity index (χ0n) is 27.0. The number of ether oxygens (including phenoxy) is 2. The molecule has 0 amide bonds. The molecule has 0 fully saturated rings. The lowest BCUT2D eigenvalue weighted by atomic mass is 10.1. The molecule has 7 nitrogen and oxygen atoms in total. The number of nitrogens with zero attached hydrogens (tertiary/aromatic N) is 1. The van der Waals surface area contributed by atoms with E-state index < -0.39 is 18.1 Å². The van der Waals surface area contributed by atoms with E-state index in [1.165, 1.54) is 83.5 Å². The summed E-state index contributed by atoms with van der Waals surface area (Å²) in [7, 11) is 5.48. The standard InChI is InChI=1S/C34H63NO6/c1-5-6-7-8-9-10-11-12-13-14-15-16-17-18-19-20-21-22-23-24-25-26-33(37)41-30-31(36)29-40-28-27-32(34(38)39)35(2,3)4/h11-12,14-15,31-32,36H,5-10,13,16-30H2,1-4H3/p+1/b12-11-,15-14-. The molecule has 0 aromatic rings. The fourth-order valence-electron chi connectivity index (χ4n) is 4.71. The Morgan fingerprint density at radius 3 is 1.76 bits per heavy atom. The summed E-state index contributed by atoms with van der Waals surface area (Å²) in [6, 6.07) is -0.574. The molecule has 0 aromatic carbocycles. The molecular weight excluding hydrogens is 518 g/mol. The van der Waals surface area contributed by atoms with E-state index in [-0.39, 0.29) is 25.8 Å². The highest BCUT2D eigenvalue weighted by molar-refractivity contribution is 5.72. The number of carboxylic acids is 1. The first-order valence-corrected chi connectivity index (χ1v) is 16.4. The van der Waals surface area contributed by atoms with Gasteiger partial charge in [-0.3, -0.25) is 4.79 Å². The summed E-state index contributed by atoms with van der Waals surface area (Å²) in [6.45, 7) is 2.41. The van der Waals surface area contributed by atoms with Gasteiger partial charge >= 0.3 is 11.9 Å². The van der Waals surface area contributed by atoms with Crippen LogP contribution in [0.25, 0.3) is 0 Å². The molecule has 240 valence electrons. The van der Waals surface area contributed by atoms with Gasteiger partial charge in [-0.1, -0.05) is 102 Å². The molecule has 2 unspecified atom stereocenters. The summed E-state index contributed by atoms with van der Waals surface area (Å²) in [5.41, 5.74) is 0. The van der Waals surface area contributed by atoms with Gasteiger partial charge in [0.2, 0.25) is 0 Å². The van der Waals surface area contributed by atoms with Crippen molar-refractivity contribution in [3.63, 3.8) is 0 Å². The number of likely N-dealkylation sites (N-methyl/N-ethyl adjacent to an activating group) is 1. The number of quaternary nitrogens is 1. The number of hydrogen-bond donors (Lipinski definition) is 2. The Morgan fingerprint density at radius 2 is 1.24 bits per heavy atom. The average Bonchev–Trinajstić information content (AvgIpc) is 2.91. The number of allylic oxidation sites excluding steroid dienone is 4. The molecule has 0 heterocycles. The average molecular weight is 583 g/mol. The van der Waals surface area contributed by atoms with Crippen molar-refractivity contribution in [2.45, 2.75) is 141 Å². The highest BCUT2D eigenvalue weighted by atomic mass is 16.5. The highest BCUT2D eigenvalue weighted by Crippen LogP contribution is 2.12. The third kappa shape index (κ3) is 26.9. The van der Waals surface area contributed by atoms with Crippen LogP contribution in [-0.2, 0) is 19.1 Å². The fraction of sp³-hybridized carbons (Fsp3) is 0.824. The molecule has 0 saturated carbocycles. The molecule has 0 saturated heterocycles. The van der Waals surface area contributed by atoms with Crippen molar-refractivity contribution in [2.75, 3.05) is 41.0 Å². The van der Waals surface area contributed by atoms with Crippen LogP contribution in [0.1, 0.15) is 129 Å². The number of carboxylic acid groups (broad SMARTS) is 1. The first-order valence-electron chi connectivity index (χ1n) is 16.4. The number of unbranched alkanes of at least 4 members (excludes halogenated alkanes) is 14. The number of rotatable bonds is 29.